The third-order valence-corrected chi connectivity index (χ3v) is 4.83. The van der Waals surface area contributed by atoms with Crippen LogP contribution in [0.3, 0.4) is 0 Å². The number of aliphatic hydroxyl groups is 1. The summed E-state index contributed by atoms with van der Waals surface area (Å²) in [5.74, 6) is 1.26. The summed E-state index contributed by atoms with van der Waals surface area (Å²) < 4.78 is 43.3. The fourth-order valence-electron chi connectivity index (χ4n) is 2.26. The SMILES string of the molecule is CCOc1ccc(NS(=O)(=O)c2ccc(OC)c(OC)c2)cc1CO. The Morgan fingerprint density at radius 1 is 1.00 bits per heavy atom. The first-order valence-corrected chi connectivity index (χ1v) is 9.05. The molecule has 0 saturated heterocycles. The van der Waals surface area contributed by atoms with E-state index >= 15 is 0 Å². The van der Waals surface area contributed by atoms with Crippen LogP contribution in [0.15, 0.2) is 41.3 Å². The van der Waals surface area contributed by atoms with Crippen LogP contribution >= 0.6 is 0 Å². The van der Waals surface area contributed by atoms with Crippen molar-refractivity contribution in [2.24, 2.45) is 0 Å². The van der Waals surface area contributed by atoms with Gasteiger partial charge in [0, 0.05) is 17.3 Å². The van der Waals surface area contributed by atoms with Crippen LogP contribution in [0.1, 0.15) is 12.5 Å². The Morgan fingerprint density at radius 3 is 2.28 bits per heavy atom. The molecule has 2 rings (SSSR count). The molecule has 0 heterocycles. The first-order valence-electron chi connectivity index (χ1n) is 7.56. The average Bonchev–Trinajstić information content (AvgIpc) is 2.62. The van der Waals surface area contributed by atoms with E-state index < -0.39 is 10.0 Å². The molecule has 0 amide bonds. The van der Waals surface area contributed by atoms with Gasteiger partial charge in [-0.15, -0.1) is 0 Å². The summed E-state index contributed by atoms with van der Waals surface area (Å²) in [5.41, 5.74) is 0.816. The molecule has 2 N–H and O–H groups in total. The molecule has 0 spiro atoms. The summed E-state index contributed by atoms with van der Waals surface area (Å²) in [7, 11) is -0.924. The lowest BCUT2D eigenvalue weighted by atomic mass is 10.2. The highest BCUT2D eigenvalue weighted by molar-refractivity contribution is 7.92. The van der Waals surface area contributed by atoms with Crippen LogP contribution in [-0.2, 0) is 16.6 Å². The Morgan fingerprint density at radius 2 is 1.68 bits per heavy atom. The Bertz CT molecular complexity index is 835. The fourth-order valence-corrected chi connectivity index (χ4v) is 3.33. The van der Waals surface area contributed by atoms with Gasteiger partial charge in [0.2, 0.25) is 0 Å². The van der Waals surface area contributed by atoms with Gasteiger partial charge in [0.05, 0.1) is 32.3 Å². The summed E-state index contributed by atoms with van der Waals surface area (Å²) in [6, 6.07) is 9.03. The number of methoxy groups -OCH3 is 2. The minimum Gasteiger partial charge on any atom is -0.494 e. The van der Waals surface area contributed by atoms with Gasteiger partial charge >= 0.3 is 0 Å². The first-order chi connectivity index (χ1) is 11.9. The molecule has 0 aliphatic carbocycles. The zero-order chi connectivity index (χ0) is 18.4. The van der Waals surface area contributed by atoms with Gasteiger partial charge in [-0.1, -0.05) is 0 Å². The maximum atomic E-state index is 12.6. The van der Waals surface area contributed by atoms with Crippen LogP contribution in [0.2, 0.25) is 0 Å². The van der Waals surface area contributed by atoms with Crippen molar-refractivity contribution in [2.45, 2.75) is 18.4 Å². The Balaban J connectivity index is 2.32. The van der Waals surface area contributed by atoms with Crippen LogP contribution in [0.4, 0.5) is 5.69 Å². The molecule has 0 radical (unpaired) electrons. The lowest BCUT2D eigenvalue weighted by Crippen LogP contribution is -2.13. The zero-order valence-electron chi connectivity index (χ0n) is 14.3. The number of ether oxygens (including phenoxy) is 3. The van der Waals surface area contributed by atoms with Crippen molar-refractivity contribution in [3.05, 3.63) is 42.0 Å². The molecular formula is C17H21NO6S. The molecule has 2 aromatic carbocycles. The molecule has 0 aliphatic rings. The van der Waals surface area contributed by atoms with Gasteiger partial charge in [0.15, 0.2) is 11.5 Å². The van der Waals surface area contributed by atoms with Crippen LogP contribution in [0, 0.1) is 0 Å². The maximum Gasteiger partial charge on any atom is 0.262 e. The maximum absolute atomic E-state index is 12.6. The number of hydrogen-bond acceptors (Lipinski definition) is 6. The van der Waals surface area contributed by atoms with Crippen molar-refractivity contribution in [3.8, 4) is 17.2 Å². The Kier molecular flexibility index (Phi) is 6.11. The fraction of sp³-hybridized carbons (Fsp3) is 0.294. The highest BCUT2D eigenvalue weighted by Gasteiger charge is 2.18. The number of rotatable bonds is 8. The highest BCUT2D eigenvalue weighted by Crippen LogP contribution is 2.31. The molecule has 8 heteroatoms. The number of anilines is 1. The predicted octanol–water partition coefficient (Wildman–Crippen LogP) is 2.40. The minimum atomic E-state index is -3.83. The smallest absolute Gasteiger partial charge is 0.262 e. The molecule has 136 valence electrons. The van der Waals surface area contributed by atoms with Crippen LogP contribution in [-0.4, -0.2) is 34.4 Å². The lowest BCUT2D eigenvalue weighted by Gasteiger charge is -2.13. The molecule has 0 aliphatic heterocycles. The number of aliphatic hydroxyl groups excluding tert-OH is 1. The van der Waals surface area contributed by atoms with E-state index in [0.29, 0.717) is 35.1 Å². The quantitative estimate of drug-likeness (QED) is 0.744. The van der Waals surface area contributed by atoms with Crippen molar-refractivity contribution >= 4 is 15.7 Å². The first kappa shape index (κ1) is 18.9. The summed E-state index contributed by atoms with van der Waals surface area (Å²) >= 11 is 0. The highest BCUT2D eigenvalue weighted by atomic mass is 32.2. The molecule has 0 atom stereocenters. The van der Waals surface area contributed by atoms with Gasteiger partial charge in [-0.25, -0.2) is 8.42 Å². The van der Waals surface area contributed by atoms with Crippen molar-refractivity contribution in [1.82, 2.24) is 0 Å². The molecule has 0 aromatic heterocycles. The minimum absolute atomic E-state index is 0.0320. The van der Waals surface area contributed by atoms with E-state index in [2.05, 4.69) is 4.72 Å². The standard InChI is InChI=1S/C17H21NO6S/c1-4-24-15-7-5-13(9-12(15)11-19)18-25(20,21)14-6-8-16(22-2)17(10-14)23-3/h5-10,18-19H,4,11H2,1-3H3. The Labute approximate surface area is 147 Å². The van der Waals surface area contributed by atoms with E-state index in [1.54, 1.807) is 12.1 Å². The lowest BCUT2D eigenvalue weighted by molar-refractivity contribution is 0.267. The van der Waals surface area contributed by atoms with Gasteiger partial charge in [0.25, 0.3) is 10.0 Å². The van der Waals surface area contributed by atoms with E-state index in [1.165, 1.54) is 38.5 Å². The van der Waals surface area contributed by atoms with Crippen molar-refractivity contribution in [2.75, 3.05) is 25.5 Å². The molecule has 0 saturated carbocycles. The van der Waals surface area contributed by atoms with Gasteiger partial charge in [-0.05, 0) is 37.3 Å². The zero-order valence-corrected chi connectivity index (χ0v) is 15.1. The molecule has 0 bridgehead atoms. The number of hydrogen-bond donors (Lipinski definition) is 2. The molecule has 7 nitrogen and oxygen atoms in total. The van der Waals surface area contributed by atoms with Crippen molar-refractivity contribution < 1.29 is 27.7 Å². The third-order valence-electron chi connectivity index (χ3n) is 3.45. The van der Waals surface area contributed by atoms with E-state index in [1.807, 2.05) is 6.92 Å². The Hall–Kier alpha value is -2.45. The van der Waals surface area contributed by atoms with Crippen molar-refractivity contribution in [3.63, 3.8) is 0 Å². The topological polar surface area (TPSA) is 94.1 Å². The monoisotopic (exact) mass is 367 g/mol. The molecule has 2 aromatic rings. The van der Waals surface area contributed by atoms with Crippen LogP contribution < -0.4 is 18.9 Å². The molecule has 0 unspecified atom stereocenters. The third kappa shape index (κ3) is 4.34. The van der Waals surface area contributed by atoms with E-state index in [-0.39, 0.29) is 11.5 Å². The normalized spacial score (nSPS) is 11.0. The summed E-state index contributed by atoms with van der Waals surface area (Å²) in [4.78, 5) is 0.0320. The van der Waals surface area contributed by atoms with E-state index in [0.717, 1.165) is 0 Å². The second-order valence-corrected chi connectivity index (χ2v) is 6.72. The second kappa shape index (κ2) is 8.09. The van der Waals surface area contributed by atoms with Gasteiger partial charge in [-0.3, -0.25) is 4.72 Å². The summed E-state index contributed by atoms with van der Waals surface area (Å²) in [6.45, 7) is 2.01. The second-order valence-electron chi connectivity index (χ2n) is 5.04. The average molecular weight is 367 g/mol. The molecule has 0 fully saturated rings. The van der Waals surface area contributed by atoms with E-state index in [4.69, 9.17) is 14.2 Å². The van der Waals surface area contributed by atoms with Crippen molar-refractivity contribution in [1.29, 1.82) is 0 Å². The largest absolute Gasteiger partial charge is 0.494 e. The van der Waals surface area contributed by atoms with Crippen LogP contribution in [0.5, 0.6) is 17.2 Å². The summed E-state index contributed by atoms with van der Waals surface area (Å²) in [6.07, 6.45) is 0. The van der Waals surface area contributed by atoms with Gasteiger partial charge < -0.3 is 19.3 Å². The van der Waals surface area contributed by atoms with Gasteiger partial charge in [-0.2, -0.15) is 0 Å². The van der Waals surface area contributed by atoms with E-state index in [9.17, 15) is 13.5 Å². The van der Waals surface area contributed by atoms with Crippen LogP contribution in [0.25, 0.3) is 0 Å². The predicted molar refractivity (Wildman–Crippen MR) is 93.9 cm³/mol. The number of sulfonamides is 1. The van der Waals surface area contributed by atoms with Gasteiger partial charge in [0.1, 0.15) is 5.75 Å². The number of nitrogens with one attached hydrogen (secondary N) is 1. The molecular weight excluding hydrogens is 346 g/mol. The molecule has 25 heavy (non-hydrogen) atoms. The number of benzene rings is 2. The summed E-state index contributed by atoms with van der Waals surface area (Å²) in [5, 5.41) is 9.42.